The van der Waals surface area contributed by atoms with Gasteiger partial charge in [-0.15, -0.1) is 0 Å². The third kappa shape index (κ3) is 10.1. The molecule has 0 aliphatic rings. The van der Waals surface area contributed by atoms with E-state index in [4.69, 9.17) is 21.7 Å². The normalized spacial score (nSPS) is 10.4. The van der Waals surface area contributed by atoms with Crippen LogP contribution >= 0.6 is 12.2 Å². The van der Waals surface area contributed by atoms with Gasteiger partial charge in [0, 0.05) is 11.4 Å². The van der Waals surface area contributed by atoms with Crippen LogP contribution in [-0.4, -0.2) is 50.5 Å². The van der Waals surface area contributed by atoms with E-state index in [9.17, 15) is 0 Å². The van der Waals surface area contributed by atoms with E-state index in [1.165, 1.54) is 6.54 Å². The van der Waals surface area contributed by atoms with Gasteiger partial charge < -0.3 is 24.6 Å². The quantitative estimate of drug-likeness (QED) is 0.502. The standard InChI is InChI=1S/C17H20N2O2S.C5H14N/c1-3-20-15-9-5-13(6-10-15)18-17(22)19-14-7-11-16(12-8-14)21-4-2;1-5-6(2,3)4/h5-12H,3-4H2,1-2H3,(H2,18,19,22);5H2,1-4H3/q;+1. The summed E-state index contributed by atoms with van der Waals surface area (Å²) in [5.74, 6) is 1.69. The minimum Gasteiger partial charge on any atom is -0.494 e. The van der Waals surface area contributed by atoms with Crippen LogP contribution in [0.25, 0.3) is 0 Å². The van der Waals surface area contributed by atoms with Crippen molar-refractivity contribution in [2.75, 3.05) is 51.5 Å². The van der Waals surface area contributed by atoms with Crippen molar-refractivity contribution < 1.29 is 14.0 Å². The van der Waals surface area contributed by atoms with Crippen LogP contribution in [0.3, 0.4) is 0 Å². The van der Waals surface area contributed by atoms with E-state index in [0.29, 0.717) is 18.3 Å². The monoisotopic (exact) mass is 404 g/mol. The summed E-state index contributed by atoms with van der Waals surface area (Å²) in [4.78, 5) is 0. The molecule has 28 heavy (non-hydrogen) atoms. The summed E-state index contributed by atoms with van der Waals surface area (Å²) in [5, 5.41) is 6.80. The van der Waals surface area contributed by atoms with Gasteiger partial charge in [0.15, 0.2) is 5.11 Å². The highest BCUT2D eigenvalue weighted by Crippen LogP contribution is 2.18. The molecular weight excluding hydrogens is 370 g/mol. The van der Waals surface area contributed by atoms with Gasteiger partial charge in [-0.3, -0.25) is 0 Å². The van der Waals surface area contributed by atoms with Crippen molar-refractivity contribution in [3.8, 4) is 11.5 Å². The molecule has 0 spiro atoms. The fraction of sp³-hybridized carbons (Fsp3) is 0.409. The van der Waals surface area contributed by atoms with E-state index in [1.54, 1.807) is 0 Å². The SMILES string of the molecule is CCOc1ccc(NC(=S)Nc2ccc(OCC)cc2)cc1.CC[N+](C)(C)C. The van der Waals surface area contributed by atoms with E-state index < -0.39 is 0 Å². The molecule has 0 bridgehead atoms. The van der Waals surface area contributed by atoms with Gasteiger partial charge in [0.2, 0.25) is 0 Å². The van der Waals surface area contributed by atoms with Crippen LogP contribution in [0.2, 0.25) is 0 Å². The second-order valence-corrected chi connectivity index (χ2v) is 7.51. The zero-order valence-electron chi connectivity index (χ0n) is 17.9. The fourth-order valence-corrected chi connectivity index (χ4v) is 2.13. The third-order valence-corrected chi connectivity index (χ3v) is 4.00. The number of hydrogen-bond donors (Lipinski definition) is 2. The summed E-state index contributed by atoms with van der Waals surface area (Å²) < 4.78 is 11.9. The second-order valence-electron chi connectivity index (χ2n) is 7.10. The second kappa shape index (κ2) is 12.2. The Bertz CT molecular complexity index is 642. The van der Waals surface area contributed by atoms with Gasteiger partial charge in [-0.05, 0) is 81.5 Å². The first-order valence-corrected chi connectivity index (χ1v) is 10.0. The third-order valence-electron chi connectivity index (χ3n) is 3.80. The van der Waals surface area contributed by atoms with Gasteiger partial charge in [-0.25, -0.2) is 0 Å². The average Bonchev–Trinajstić information content (AvgIpc) is 2.65. The Kier molecular flexibility index (Phi) is 10.3. The Hall–Kier alpha value is -2.31. The molecule has 154 valence electrons. The molecule has 0 aliphatic heterocycles. The molecule has 2 aromatic rings. The van der Waals surface area contributed by atoms with Crippen LogP contribution in [-0.2, 0) is 0 Å². The molecule has 0 aliphatic carbocycles. The highest BCUT2D eigenvalue weighted by atomic mass is 32.1. The minimum absolute atomic E-state index is 0.535. The van der Waals surface area contributed by atoms with Crippen LogP contribution in [0.4, 0.5) is 11.4 Å². The molecule has 0 aromatic heterocycles. The molecule has 0 fully saturated rings. The van der Waals surface area contributed by atoms with Gasteiger partial charge in [0.25, 0.3) is 0 Å². The molecule has 5 nitrogen and oxygen atoms in total. The number of rotatable bonds is 7. The zero-order chi connectivity index (χ0) is 21.0. The van der Waals surface area contributed by atoms with E-state index in [2.05, 4.69) is 38.7 Å². The summed E-state index contributed by atoms with van der Waals surface area (Å²) in [6.07, 6.45) is 0. The number of hydrogen-bond acceptors (Lipinski definition) is 3. The maximum absolute atomic E-state index is 5.40. The Morgan fingerprint density at radius 3 is 1.32 bits per heavy atom. The van der Waals surface area contributed by atoms with E-state index in [0.717, 1.165) is 27.4 Å². The van der Waals surface area contributed by atoms with Crippen LogP contribution < -0.4 is 20.1 Å². The summed E-state index contributed by atoms with van der Waals surface area (Å²) >= 11 is 5.30. The van der Waals surface area contributed by atoms with Gasteiger partial charge in [0.05, 0.1) is 40.9 Å². The molecule has 0 heterocycles. The Balaban J connectivity index is 0.000000568. The maximum Gasteiger partial charge on any atom is 0.175 e. The number of nitrogens with one attached hydrogen (secondary N) is 2. The predicted octanol–water partition coefficient (Wildman–Crippen LogP) is 5.01. The number of quaternary nitrogens is 1. The first kappa shape index (κ1) is 23.7. The minimum atomic E-state index is 0.535. The molecule has 0 unspecified atom stereocenters. The zero-order valence-corrected chi connectivity index (χ0v) is 18.7. The number of anilines is 2. The van der Waals surface area contributed by atoms with Crippen molar-refractivity contribution >= 4 is 28.7 Å². The number of nitrogens with zero attached hydrogens (tertiary/aromatic N) is 1. The average molecular weight is 405 g/mol. The summed E-state index contributed by atoms with van der Waals surface area (Å²) in [6.45, 7) is 8.62. The molecule has 0 saturated carbocycles. The Labute approximate surface area is 175 Å². The van der Waals surface area contributed by atoms with Crippen molar-refractivity contribution in [2.24, 2.45) is 0 Å². The fourth-order valence-electron chi connectivity index (χ4n) is 1.90. The van der Waals surface area contributed by atoms with Crippen molar-refractivity contribution in [1.82, 2.24) is 0 Å². The molecule has 0 atom stereocenters. The largest absolute Gasteiger partial charge is 0.494 e. The van der Waals surface area contributed by atoms with E-state index in [-0.39, 0.29) is 0 Å². The lowest BCUT2D eigenvalue weighted by molar-refractivity contribution is -0.868. The van der Waals surface area contributed by atoms with Crippen LogP contribution in [0.5, 0.6) is 11.5 Å². The first-order chi connectivity index (χ1) is 13.3. The highest BCUT2D eigenvalue weighted by molar-refractivity contribution is 7.80. The van der Waals surface area contributed by atoms with E-state index >= 15 is 0 Å². The van der Waals surface area contributed by atoms with Gasteiger partial charge >= 0.3 is 0 Å². The molecule has 2 aromatic carbocycles. The van der Waals surface area contributed by atoms with Gasteiger partial charge in [-0.2, -0.15) is 0 Å². The first-order valence-electron chi connectivity index (χ1n) is 9.61. The molecule has 6 heteroatoms. The maximum atomic E-state index is 5.40. The van der Waals surface area contributed by atoms with Crippen LogP contribution in [0.1, 0.15) is 20.8 Å². The van der Waals surface area contributed by atoms with Crippen molar-refractivity contribution in [3.63, 3.8) is 0 Å². The smallest absolute Gasteiger partial charge is 0.175 e. The Morgan fingerprint density at radius 1 is 0.750 bits per heavy atom. The summed E-state index contributed by atoms with van der Waals surface area (Å²) in [5.41, 5.74) is 1.82. The van der Waals surface area contributed by atoms with Crippen LogP contribution in [0, 0.1) is 0 Å². The van der Waals surface area contributed by atoms with Crippen molar-refractivity contribution in [1.29, 1.82) is 0 Å². The lowest BCUT2D eigenvalue weighted by Crippen LogP contribution is -2.33. The number of benzene rings is 2. The predicted molar refractivity (Wildman–Crippen MR) is 124 cm³/mol. The molecular formula is C22H34N3O2S+. The van der Waals surface area contributed by atoms with E-state index in [1.807, 2.05) is 62.4 Å². The van der Waals surface area contributed by atoms with Crippen molar-refractivity contribution in [3.05, 3.63) is 48.5 Å². The molecule has 2 rings (SSSR count). The molecule has 2 N–H and O–H groups in total. The Morgan fingerprint density at radius 2 is 1.07 bits per heavy atom. The molecule has 0 radical (unpaired) electrons. The highest BCUT2D eigenvalue weighted by Gasteiger charge is 2.01. The molecule has 0 saturated heterocycles. The van der Waals surface area contributed by atoms with Crippen LogP contribution in [0.15, 0.2) is 48.5 Å². The lowest BCUT2D eigenvalue weighted by atomic mass is 10.3. The number of ether oxygens (including phenoxy) is 2. The topological polar surface area (TPSA) is 42.5 Å². The lowest BCUT2D eigenvalue weighted by Gasteiger charge is -2.20. The summed E-state index contributed by atoms with van der Waals surface area (Å²) in [6, 6.07) is 15.3. The summed E-state index contributed by atoms with van der Waals surface area (Å²) in [7, 11) is 6.54. The van der Waals surface area contributed by atoms with Crippen molar-refractivity contribution in [2.45, 2.75) is 20.8 Å². The number of thiocarbonyl (C=S) groups is 1. The van der Waals surface area contributed by atoms with Gasteiger partial charge in [0.1, 0.15) is 11.5 Å². The van der Waals surface area contributed by atoms with Gasteiger partial charge in [-0.1, -0.05) is 0 Å². The molecule has 0 amide bonds.